The van der Waals surface area contributed by atoms with Crippen LogP contribution in [0.2, 0.25) is 0 Å². The van der Waals surface area contributed by atoms with Crippen LogP contribution in [0.3, 0.4) is 0 Å². The Morgan fingerprint density at radius 1 is 1.17 bits per heavy atom. The number of rotatable bonds is 4. The first-order valence-electron chi connectivity index (χ1n) is 6.74. The zero-order valence-corrected chi connectivity index (χ0v) is 11.9. The lowest BCUT2D eigenvalue weighted by Crippen LogP contribution is -2.17. The molecule has 0 saturated heterocycles. The van der Waals surface area contributed by atoms with Gasteiger partial charge in [0.15, 0.2) is 5.90 Å². The number of aliphatic imine (C=N–C) groups is 1. The Hall–Kier alpha value is -1.31. The summed E-state index contributed by atoms with van der Waals surface area (Å²) in [4.78, 5) is 4.58. The van der Waals surface area contributed by atoms with Crippen LogP contribution in [0.5, 0.6) is 0 Å². The standard InChI is InChI=1S/C16H23NO/c1-12(2)9-13-5-7-14(8-6-13)10-15-17-16(3,4)11-18-15/h5-8,12H,9-11H2,1-4H3. The van der Waals surface area contributed by atoms with Crippen molar-refractivity contribution < 1.29 is 4.74 Å². The first kappa shape index (κ1) is 13.1. The number of hydrogen-bond acceptors (Lipinski definition) is 2. The van der Waals surface area contributed by atoms with Crippen molar-refractivity contribution in [3.05, 3.63) is 35.4 Å². The van der Waals surface area contributed by atoms with Crippen molar-refractivity contribution in [2.75, 3.05) is 6.61 Å². The minimum atomic E-state index is -0.0487. The molecule has 1 heterocycles. The number of benzene rings is 1. The fraction of sp³-hybridized carbons (Fsp3) is 0.562. The molecular formula is C16H23NO. The molecule has 1 aliphatic rings. The Morgan fingerprint density at radius 3 is 2.28 bits per heavy atom. The Kier molecular flexibility index (Phi) is 3.74. The summed E-state index contributed by atoms with van der Waals surface area (Å²) in [5.74, 6) is 1.58. The van der Waals surface area contributed by atoms with Crippen LogP contribution >= 0.6 is 0 Å². The van der Waals surface area contributed by atoms with Crippen molar-refractivity contribution in [3.63, 3.8) is 0 Å². The van der Waals surface area contributed by atoms with E-state index in [1.54, 1.807) is 0 Å². The van der Waals surface area contributed by atoms with Gasteiger partial charge in [0.25, 0.3) is 0 Å². The second-order valence-electron chi connectivity index (χ2n) is 6.20. The topological polar surface area (TPSA) is 21.6 Å². The molecule has 0 atom stereocenters. The van der Waals surface area contributed by atoms with Crippen LogP contribution in [-0.4, -0.2) is 18.0 Å². The lowest BCUT2D eigenvalue weighted by Gasteiger charge is -2.07. The lowest BCUT2D eigenvalue weighted by atomic mass is 10.0. The molecule has 0 bridgehead atoms. The summed E-state index contributed by atoms with van der Waals surface area (Å²) in [7, 11) is 0. The van der Waals surface area contributed by atoms with Gasteiger partial charge in [0.05, 0.1) is 5.54 Å². The molecule has 98 valence electrons. The minimum absolute atomic E-state index is 0.0487. The van der Waals surface area contributed by atoms with E-state index in [0.29, 0.717) is 12.5 Å². The van der Waals surface area contributed by atoms with Crippen molar-refractivity contribution in [3.8, 4) is 0 Å². The summed E-state index contributed by atoms with van der Waals surface area (Å²) < 4.78 is 5.62. The average molecular weight is 245 g/mol. The number of ether oxygens (including phenoxy) is 1. The molecule has 0 spiro atoms. The van der Waals surface area contributed by atoms with Gasteiger partial charge in [0.2, 0.25) is 0 Å². The zero-order valence-electron chi connectivity index (χ0n) is 11.9. The van der Waals surface area contributed by atoms with E-state index in [9.17, 15) is 0 Å². The van der Waals surface area contributed by atoms with Gasteiger partial charge in [0, 0.05) is 6.42 Å². The molecule has 0 radical (unpaired) electrons. The van der Waals surface area contributed by atoms with Crippen LogP contribution in [-0.2, 0) is 17.6 Å². The Morgan fingerprint density at radius 2 is 1.78 bits per heavy atom. The molecule has 0 N–H and O–H groups in total. The fourth-order valence-electron chi connectivity index (χ4n) is 2.19. The summed E-state index contributed by atoms with van der Waals surface area (Å²) in [6.45, 7) is 9.40. The van der Waals surface area contributed by atoms with Crippen molar-refractivity contribution >= 4 is 5.90 Å². The van der Waals surface area contributed by atoms with Gasteiger partial charge in [0.1, 0.15) is 6.61 Å². The van der Waals surface area contributed by atoms with Gasteiger partial charge < -0.3 is 4.74 Å². The van der Waals surface area contributed by atoms with E-state index >= 15 is 0 Å². The molecule has 0 amide bonds. The highest BCUT2D eigenvalue weighted by Crippen LogP contribution is 2.19. The van der Waals surface area contributed by atoms with E-state index in [1.807, 2.05) is 0 Å². The SMILES string of the molecule is CC(C)Cc1ccc(CC2=NC(C)(C)CO2)cc1. The summed E-state index contributed by atoms with van der Waals surface area (Å²) >= 11 is 0. The summed E-state index contributed by atoms with van der Waals surface area (Å²) in [6.07, 6.45) is 1.95. The van der Waals surface area contributed by atoms with E-state index in [0.717, 1.165) is 18.7 Å². The van der Waals surface area contributed by atoms with E-state index in [2.05, 4.69) is 57.0 Å². The molecule has 1 aromatic rings. The first-order valence-corrected chi connectivity index (χ1v) is 6.74. The largest absolute Gasteiger partial charge is 0.478 e. The van der Waals surface area contributed by atoms with Crippen LogP contribution in [0.1, 0.15) is 38.8 Å². The lowest BCUT2D eigenvalue weighted by molar-refractivity contribution is 0.275. The van der Waals surface area contributed by atoms with E-state index in [1.165, 1.54) is 11.1 Å². The number of nitrogens with zero attached hydrogens (tertiary/aromatic N) is 1. The molecule has 2 heteroatoms. The molecular weight excluding hydrogens is 222 g/mol. The maximum Gasteiger partial charge on any atom is 0.188 e. The Labute approximate surface area is 110 Å². The molecule has 1 aliphatic heterocycles. The van der Waals surface area contributed by atoms with Crippen LogP contribution in [0.25, 0.3) is 0 Å². The minimum Gasteiger partial charge on any atom is -0.478 e. The van der Waals surface area contributed by atoms with Gasteiger partial charge in [-0.05, 0) is 37.3 Å². The predicted molar refractivity (Wildman–Crippen MR) is 76.2 cm³/mol. The molecule has 0 unspecified atom stereocenters. The maximum atomic E-state index is 5.62. The van der Waals surface area contributed by atoms with Gasteiger partial charge in [-0.2, -0.15) is 0 Å². The average Bonchev–Trinajstić information content (AvgIpc) is 2.60. The van der Waals surface area contributed by atoms with E-state index in [4.69, 9.17) is 4.74 Å². The van der Waals surface area contributed by atoms with Crippen molar-refractivity contribution in [1.29, 1.82) is 0 Å². The van der Waals surface area contributed by atoms with Gasteiger partial charge in [-0.3, -0.25) is 0 Å². The molecule has 1 aromatic carbocycles. The molecule has 2 rings (SSSR count). The third-order valence-corrected chi connectivity index (χ3v) is 3.04. The van der Waals surface area contributed by atoms with Gasteiger partial charge in [-0.25, -0.2) is 4.99 Å². The number of hydrogen-bond donors (Lipinski definition) is 0. The van der Waals surface area contributed by atoms with Gasteiger partial charge in [-0.15, -0.1) is 0 Å². The van der Waals surface area contributed by atoms with Crippen LogP contribution in [0.4, 0.5) is 0 Å². The van der Waals surface area contributed by atoms with Crippen LogP contribution < -0.4 is 0 Å². The zero-order chi connectivity index (χ0) is 13.2. The third kappa shape index (κ3) is 3.59. The smallest absolute Gasteiger partial charge is 0.188 e. The summed E-state index contributed by atoms with van der Waals surface area (Å²) in [6, 6.07) is 8.82. The highest BCUT2D eigenvalue weighted by atomic mass is 16.5. The highest BCUT2D eigenvalue weighted by Gasteiger charge is 2.25. The molecule has 2 nitrogen and oxygen atoms in total. The van der Waals surface area contributed by atoms with Crippen molar-refractivity contribution in [2.24, 2.45) is 10.9 Å². The van der Waals surface area contributed by atoms with Crippen LogP contribution in [0, 0.1) is 5.92 Å². The first-order chi connectivity index (χ1) is 8.44. The Bertz CT molecular complexity index is 429. The fourth-order valence-corrected chi connectivity index (χ4v) is 2.19. The molecule has 0 saturated carbocycles. The van der Waals surface area contributed by atoms with Crippen molar-refractivity contribution in [1.82, 2.24) is 0 Å². The van der Waals surface area contributed by atoms with Crippen molar-refractivity contribution in [2.45, 2.75) is 46.1 Å². The quantitative estimate of drug-likeness (QED) is 0.793. The molecule has 0 aliphatic carbocycles. The van der Waals surface area contributed by atoms with E-state index in [-0.39, 0.29) is 5.54 Å². The van der Waals surface area contributed by atoms with Gasteiger partial charge >= 0.3 is 0 Å². The van der Waals surface area contributed by atoms with E-state index < -0.39 is 0 Å². The summed E-state index contributed by atoms with van der Waals surface area (Å²) in [5, 5.41) is 0. The molecule has 18 heavy (non-hydrogen) atoms. The van der Waals surface area contributed by atoms with Gasteiger partial charge in [-0.1, -0.05) is 38.1 Å². The second kappa shape index (κ2) is 5.13. The Balaban J connectivity index is 1.99. The third-order valence-electron chi connectivity index (χ3n) is 3.04. The molecule has 0 aromatic heterocycles. The second-order valence-corrected chi connectivity index (χ2v) is 6.20. The monoisotopic (exact) mass is 245 g/mol. The van der Waals surface area contributed by atoms with Crippen LogP contribution in [0.15, 0.2) is 29.3 Å². The molecule has 0 fully saturated rings. The normalized spacial score (nSPS) is 17.7. The highest BCUT2D eigenvalue weighted by molar-refractivity contribution is 5.80. The predicted octanol–water partition coefficient (Wildman–Crippen LogP) is 3.63. The summed E-state index contributed by atoms with van der Waals surface area (Å²) in [5.41, 5.74) is 2.63. The maximum absolute atomic E-state index is 5.62.